The quantitative estimate of drug-likeness (QED) is 0.333. The minimum Gasteiger partial charge on any atom is -0.312 e. The molecular weight excluding hydrogens is 512 g/mol. The van der Waals surface area contributed by atoms with Gasteiger partial charge in [0.15, 0.2) is 0 Å². The zero-order valence-corrected chi connectivity index (χ0v) is 24.5. The van der Waals surface area contributed by atoms with E-state index in [0.717, 1.165) is 0 Å². The lowest BCUT2D eigenvalue weighted by molar-refractivity contribution is 0.268. The van der Waals surface area contributed by atoms with Crippen molar-refractivity contribution < 1.29 is 60.1 Å². The van der Waals surface area contributed by atoms with Gasteiger partial charge in [-0.15, -0.1) is 0 Å². The van der Waals surface area contributed by atoms with Crippen LogP contribution in [-0.2, 0) is 45.4 Å². The maximum atomic E-state index is 11.2. The molecule has 17 heteroatoms. The largest absolute Gasteiger partial charge is 0.466 e. The van der Waals surface area contributed by atoms with E-state index in [1.54, 1.807) is 41.5 Å². The van der Waals surface area contributed by atoms with Crippen LogP contribution in [0.25, 0.3) is 0 Å². The highest BCUT2D eigenvalue weighted by molar-refractivity contribution is 7.55. The number of hydrogen-bond donors (Lipinski definition) is 3. The van der Waals surface area contributed by atoms with Gasteiger partial charge < -0.3 is 41.8 Å². The number of hydrogen-bond acceptors (Lipinski definition) is 10. The van der Waals surface area contributed by atoms with Gasteiger partial charge in [-0.05, 0) is 0 Å². The standard InChI is InChI=1S/3C5H13O3P.H3O4P/c3*1-5(2)9(6,7-3)8-4;1-5(2,3)4/h3*5H,1-4H3;(H3,1,2,3,4). The summed E-state index contributed by atoms with van der Waals surface area (Å²) in [6.45, 7) is 10.8. The summed E-state index contributed by atoms with van der Waals surface area (Å²) >= 11 is 0. The van der Waals surface area contributed by atoms with E-state index in [4.69, 9.17) is 19.2 Å². The van der Waals surface area contributed by atoms with Crippen LogP contribution in [0, 0.1) is 0 Å². The van der Waals surface area contributed by atoms with Crippen molar-refractivity contribution in [2.75, 3.05) is 42.7 Å². The molecule has 0 atom stereocenters. The molecule has 200 valence electrons. The molecule has 0 aliphatic carbocycles. The van der Waals surface area contributed by atoms with Crippen molar-refractivity contribution in [2.24, 2.45) is 0 Å². The third-order valence-corrected chi connectivity index (χ3v) is 10.3. The second-order valence-electron chi connectivity index (χ2n) is 6.51. The Morgan fingerprint density at radius 1 is 0.438 bits per heavy atom. The Hall–Kier alpha value is 0.560. The average Bonchev–Trinajstić information content (AvgIpc) is 2.71. The van der Waals surface area contributed by atoms with E-state index in [-0.39, 0.29) is 17.0 Å². The maximum absolute atomic E-state index is 11.2. The summed E-state index contributed by atoms with van der Waals surface area (Å²) in [5, 5.41) is 0. The molecule has 0 amide bonds. The van der Waals surface area contributed by atoms with Crippen LogP contribution in [0.4, 0.5) is 0 Å². The molecule has 0 saturated heterocycles. The zero-order chi connectivity index (χ0) is 27.0. The van der Waals surface area contributed by atoms with Gasteiger partial charge in [0.05, 0.1) is 17.0 Å². The second kappa shape index (κ2) is 18.8. The molecule has 3 N–H and O–H groups in total. The summed E-state index contributed by atoms with van der Waals surface area (Å²) in [6.07, 6.45) is 0. The lowest BCUT2D eigenvalue weighted by Crippen LogP contribution is -2.00. The minimum absolute atomic E-state index is 0.0625. The molecule has 0 bridgehead atoms. The minimum atomic E-state index is -4.64. The summed E-state index contributed by atoms with van der Waals surface area (Å²) in [6, 6.07) is 0. The van der Waals surface area contributed by atoms with Crippen molar-refractivity contribution >= 4 is 30.6 Å². The van der Waals surface area contributed by atoms with Crippen LogP contribution < -0.4 is 0 Å². The second-order valence-corrected chi connectivity index (χ2v) is 16.1. The van der Waals surface area contributed by atoms with E-state index >= 15 is 0 Å². The molecule has 0 fully saturated rings. The summed E-state index contributed by atoms with van der Waals surface area (Å²) < 4.78 is 70.6. The summed E-state index contributed by atoms with van der Waals surface area (Å²) in [4.78, 5) is 21.6. The molecule has 0 aromatic carbocycles. The Morgan fingerprint density at radius 3 is 0.531 bits per heavy atom. The third kappa shape index (κ3) is 20.0. The maximum Gasteiger partial charge on any atom is 0.466 e. The highest BCUT2D eigenvalue weighted by atomic mass is 31.2. The van der Waals surface area contributed by atoms with Gasteiger partial charge in [0.2, 0.25) is 0 Å². The molecule has 0 aromatic rings. The van der Waals surface area contributed by atoms with Gasteiger partial charge in [0.1, 0.15) is 0 Å². The summed E-state index contributed by atoms with van der Waals surface area (Å²) in [5.41, 5.74) is -0.188. The molecule has 32 heavy (non-hydrogen) atoms. The van der Waals surface area contributed by atoms with Crippen molar-refractivity contribution in [1.29, 1.82) is 0 Å². The summed E-state index contributed by atoms with van der Waals surface area (Å²) in [5.74, 6) is 0. The van der Waals surface area contributed by atoms with Crippen molar-refractivity contribution in [3.8, 4) is 0 Å². The highest BCUT2D eigenvalue weighted by Crippen LogP contribution is 2.52. The Balaban J connectivity index is -0.000000167. The van der Waals surface area contributed by atoms with Crippen LogP contribution in [0.15, 0.2) is 0 Å². The van der Waals surface area contributed by atoms with Crippen LogP contribution in [0.2, 0.25) is 0 Å². The van der Waals surface area contributed by atoms with Gasteiger partial charge in [-0.3, -0.25) is 13.7 Å². The molecular formula is C15H42O13P4. The first kappa shape index (κ1) is 39.8. The van der Waals surface area contributed by atoms with Crippen molar-refractivity contribution in [2.45, 2.75) is 58.5 Å². The lowest BCUT2D eigenvalue weighted by atomic mass is 10.6. The van der Waals surface area contributed by atoms with E-state index in [0.29, 0.717) is 0 Å². The molecule has 0 aromatic heterocycles. The predicted molar refractivity (Wildman–Crippen MR) is 125 cm³/mol. The van der Waals surface area contributed by atoms with Crippen molar-refractivity contribution in [3.63, 3.8) is 0 Å². The lowest BCUT2D eigenvalue weighted by Gasteiger charge is -2.16. The molecule has 0 aliphatic rings. The highest BCUT2D eigenvalue weighted by Gasteiger charge is 2.26. The van der Waals surface area contributed by atoms with E-state index in [1.807, 2.05) is 0 Å². The first-order valence-corrected chi connectivity index (χ1v) is 15.5. The molecule has 0 rings (SSSR count). The van der Waals surface area contributed by atoms with E-state index in [2.05, 4.69) is 27.1 Å². The fourth-order valence-electron chi connectivity index (χ4n) is 1.49. The Morgan fingerprint density at radius 2 is 0.531 bits per heavy atom. The van der Waals surface area contributed by atoms with Gasteiger partial charge in [0.25, 0.3) is 0 Å². The van der Waals surface area contributed by atoms with Crippen LogP contribution in [-0.4, -0.2) is 74.3 Å². The van der Waals surface area contributed by atoms with Gasteiger partial charge >= 0.3 is 30.6 Å². The van der Waals surface area contributed by atoms with Crippen LogP contribution in [0.3, 0.4) is 0 Å². The fourth-order valence-corrected chi connectivity index (χ4v) is 4.47. The van der Waals surface area contributed by atoms with E-state index in [1.165, 1.54) is 42.7 Å². The summed E-state index contributed by atoms with van der Waals surface area (Å²) in [7, 11) is -4.54. The van der Waals surface area contributed by atoms with Crippen molar-refractivity contribution in [1.82, 2.24) is 0 Å². The molecule has 0 radical (unpaired) electrons. The molecule has 13 nitrogen and oxygen atoms in total. The smallest absolute Gasteiger partial charge is 0.312 e. The predicted octanol–water partition coefficient (Wildman–Crippen LogP) is 4.71. The van der Waals surface area contributed by atoms with Crippen LogP contribution in [0.1, 0.15) is 41.5 Å². The third-order valence-electron chi connectivity index (χ3n) is 3.42. The first-order chi connectivity index (χ1) is 14.2. The van der Waals surface area contributed by atoms with Gasteiger partial charge in [0, 0.05) is 42.7 Å². The molecule has 0 spiro atoms. The molecule has 0 aliphatic heterocycles. The number of rotatable bonds is 9. The monoisotopic (exact) mass is 554 g/mol. The van der Waals surface area contributed by atoms with Crippen molar-refractivity contribution in [3.05, 3.63) is 0 Å². The van der Waals surface area contributed by atoms with Crippen LogP contribution >= 0.6 is 30.6 Å². The van der Waals surface area contributed by atoms with Gasteiger partial charge in [-0.2, -0.15) is 0 Å². The molecule has 0 heterocycles. The normalized spacial score (nSPS) is 12.4. The first-order valence-electron chi connectivity index (χ1n) is 9.11. The Kier molecular flexibility index (Phi) is 23.4. The zero-order valence-electron chi connectivity index (χ0n) is 20.9. The van der Waals surface area contributed by atoms with E-state index in [9.17, 15) is 13.7 Å². The Labute approximate surface area is 192 Å². The van der Waals surface area contributed by atoms with E-state index < -0.39 is 30.6 Å². The molecule has 0 unspecified atom stereocenters. The SMILES string of the molecule is COP(=O)(OC)C(C)C.COP(=O)(OC)C(C)C.COP(=O)(OC)C(C)C.O=P(O)(O)O. The van der Waals surface area contributed by atoms with Gasteiger partial charge in [-0.1, -0.05) is 41.5 Å². The fraction of sp³-hybridized carbons (Fsp3) is 1.00. The average molecular weight is 554 g/mol. The Bertz CT molecular complexity index is 542. The van der Waals surface area contributed by atoms with Gasteiger partial charge in [-0.25, -0.2) is 4.57 Å². The van der Waals surface area contributed by atoms with Crippen LogP contribution in [0.5, 0.6) is 0 Å². The molecule has 0 saturated carbocycles. The topological polar surface area (TPSA) is 184 Å². The number of phosphoric acid groups is 1.